The summed E-state index contributed by atoms with van der Waals surface area (Å²) in [7, 11) is -0.821. The van der Waals surface area contributed by atoms with Crippen LogP contribution in [-0.4, -0.2) is 33.7 Å². The van der Waals surface area contributed by atoms with E-state index in [-0.39, 0.29) is 17.1 Å². The molecule has 4 heteroatoms. The van der Waals surface area contributed by atoms with Gasteiger partial charge in [-0.25, -0.2) is 0 Å². The normalized spacial score (nSPS) is 27.9. The van der Waals surface area contributed by atoms with Gasteiger partial charge in [0.1, 0.15) is 5.78 Å². The van der Waals surface area contributed by atoms with Crippen LogP contribution in [0, 0.1) is 0 Å². The fraction of sp³-hybridized carbons (Fsp3) is 0.909. The first-order valence-corrected chi connectivity index (χ1v) is 7.03. The Bertz CT molecular complexity index is 240. The molecule has 0 spiro atoms. The molecule has 0 aromatic rings. The zero-order valence-corrected chi connectivity index (χ0v) is 10.3. The predicted molar refractivity (Wildman–Crippen MR) is 61.4 cm³/mol. The van der Waals surface area contributed by atoms with E-state index >= 15 is 0 Å². The number of ether oxygens (including phenoxy) is 1. The van der Waals surface area contributed by atoms with Crippen molar-refractivity contribution in [1.82, 2.24) is 0 Å². The second-order valence-corrected chi connectivity index (χ2v) is 5.76. The van der Waals surface area contributed by atoms with Gasteiger partial charge in [-0.05, 0) is 19.8 Å². The molecule has 1 heterocycles. The smallest absolute Gasteiger partial charge is 0.132 e. The van der Waals surface area contributed by atoms with Crippen molar-refractivity contribution in [2.24, 2.45) is 0 Å². The Hall–Kier alpha value is -0.220. The molecule has 1 fully saturated rings. The van der Waals surface area contributed by atoms with Gasteiger partial charge in [0.25, 0.3) is 0 Å². The molecule has 3 nitrogen and oxygen atoms in total. The van der Waals surface area contributed by atoms with Crippen LogP contribution in [0.4, 0.5) is 0 Å². The maximum atomic E-state index is 11.8. The summed E-state index contributed by atoms with van der Waals surface area (Å²) in [5.41, 5.74) is 0. The lowest BCUT2D eigenvalue weighted by Gasteiger charge is -2.13. The lowest BCUT2D eigenvalue weighted by molar-refractivity contribution is -0.118. The molecule has 0 radical (unpaired) electrons. The highest BCUT2D eigenvalue weighted by Gasteiger charge is 2.29. The molecule has 0 saturated carbocycles. The zero-order chi connectivity index (χ0) is 11.3. The number of carbonyl (C=O) groups excluding carboxylic acids is 1. The molecule has 3 atom stereocenters. The molecule has 0 amide bonds. The van der Waals surface area contributed by atoms with Crippen LogP contribution in [0.3, 0.4) is 0 Å². The maximum Gasteiger partial charge on any atom is 0.132 e. The average Bonchev–Trinajstić information content (AvgIpc) is 2.64. The van der Waals surface area contributed by atoms with E-state index in [2.05, 4.69) is 0 Å². The first kappa shape index (κ1) is 12.8. The number of Topliss-reactive ketones (excluding diaryl/α,β-unsaturated/α-hetero) is 1. The Balaban J connectivity index is 2.21. The van der Waals surface area contributed by atoms with E-state index in [9.17, 15) is 9.00 Å². The van der Waals surface area contributed by atoms with E-state index < -0.39 is 10.8 Å². The zero-order valence-electron chi connectivity index (χ0n) is 9.53. The van der Waals surface area contributed by atoms with Crippen molar-refractivity contribution in [1.29, 1.82) is 0 Å². The first-order valence-electron chi connectivity index (χ1n) is 5.65. The van der Waals surface area contributed by atoms with E-state index in [4.69, 9.17) is 4.74 Å². The van der Waals surface area contributed by atoms with Crippen LogP contribution in [0.15, 0.2) is 0 Å². The van der Waals surface area contributed by atoms with Crippen molar-refractivity contribution < 1.29 is 13.7 Å². The maximum absolute atomic E-state index is 11.8. The van der Waals surface area contributed by atoms with Crippen molar-refractivity contribution in [3.63, 3.8) is 0 Å². The van der Waals surface area contributed by atoms with Gasteiger partial charge in [0.05, 0.1) is 11.4 Å². The van der Waals surface area contributed by atoms with E-state index in [1.165, 1.54) is 0 Å². The Labute approximate surface area is 94.0 Å². The van der Waals surface area contributed by atoms with E-state index in [1.54, 1.807) is 0 Å². The number of hydrogen-bond acceptors (Lipinski definition) is 3. The first-order chi connectivity index (χ1) is 7.15. The Morgan fingerprint density at radius 3 is 2.80 bits per heavy atom. The molecule has 1 aliphatic rings. The number of ketones is 1. The van der Waals surface area contributed by atoms with Gasteiger partial charge in [0.15, 0.2) is 0 Å². The van der Waals surface area contributed by atoms with Crippen LogP contribution >= 0.6 is 0 Å². The van der Waals surface area contributed by atoms with Crippen molar-refractivity contribution >= 4 is 16.6 Å². The third-order valence-corrected chi connectivity index (χ3v) is 4.83. The Morgan fingerprint density at radius 2 is 2.27 bits per heavy atom. The second kappa shape index (κ2) is 6.38. The number of carbonyl (C=O) groups is 1. The molecule has 1 rings (SSSR count). The van der Waals surface area contributed by atoms with Crippen LogP contribution in [0.1, 0.15) is 39.5 Å². The molecule has 15 heavy (non-hydrogen) atoms. The predicted octanol–water partition coefficient (Wildman–Crippen LogP) is 1.67. The fourth-order valence-electron chi connectivity index (χ4n) is 1.80. The van der Waals surface area contributed by atoms with Gasteiger partial charge in [-0.15, -0.1) is 0 Å². The van der Waals surface area contributed by atoms with Crippen molar-refractivity contribution in [3.05, 3.63) is 0 Å². The van der Waals surface area contributed by atoms with Crippen molar-refractivity contribution in [2.45, 2.75) is 50.9 Å². The van der Waals surface area contributed by atoms with Gasteiger partial charge in [0.2, 0.25) is 0 Å². The quantitative estimate of drug-likeness (QED) is 0.699. The Kier molecular flexibility index (Phi) is 5.47. The SMILES string of the molecule is CCC(=O)CCCS(=O)C1CCOC1C. The highest BCUT2D eigenvalue weighted by Crippen LogP contribution is 2.19. The van der Waals surface area contributed by atoms with Gasteiger partial charge in [0, 0.05) is 36.0 Å². The summed E-state index contributed by atoms with van der Waals surface area (Å²) in [5.74, 6) is 0.909. The molecule has 1 aliphatic heterocycles. The average molecular weight is 232 g/mol. The van der Waals surface area contributed by atoms with Crippen molar-refractivity contribution in [2.75, 3.05) is 12.4 Å². The summed E-state index contributed by atoms with van der Waals surface area (Å²) in [4.78, 5) is 11.1. The number of hydrogen-bond donors (Lipinski definition) is 0. The summed E-state index contributed by atoms with van der Waals surface area (Å²) in [6.45, 7) is 4.57. The molecule has 0 aromatic carbocycles. The van der Waals surface area contributed by atoms with Crippen LogP contribution in [0.2, 0.25) is 0 Å². The molecule has 0 N–H and O–H groups in total. The van der Waals surface area contributed by atoms with E-state index in [0.717, 1.165) is 19.4 Å². The summed E-state index contributed by atoms with van der Waals surface area (Å²) in [5, 5.41) is 0.182. The highest BCUT2D eigenvalue weighted by molar-refractivity contribution is 7.85. The monoisotopic (exact) mass is 232 g/mol. The third kappa shape index (κ3) is 4.03. The van der Waals surface area contributed by atoms with Gasteiger partial charge in [-0.2, -0.15) is 0 Å². The minimum Gasteiger partial charge on any atom is -0.377 e. The molecule has 0 aliphatic carbocycles. The van der Waals surface area contributed by atoms with Crippen LogP contribution in [-0.2, 0) is 20.3 Å². The van der Waals surface area contributed by atoms with Gasteiger partial charge >= 0.3 is 0 Å². The van der Waals surface area contributed by atoms with Crippen LogP contribution < -0.4 is 0 Å². The molecule has 1 saturated heterocycles. The van der Waals surface area contributed by atoms with Crippen molar-refractivity contribution in [3.8, 4) is 0 Å². The Morgan fingerprint density at radius 1 is 1.53 bits per heavy atom. The molecule has 3 unspecified atom stereocenters. The summed E-state index contributed by atoms with van der Waals surface area (Å²) < 4.78 is 17.2. The van der Waals surface area contributed by atoms with E-state index in [1.807, 2.05) is 13.8 Å². The largest absolute Gasteiger partial charge is 0.377 e. The minimum absolute atomic E-state index is 0.118. The molecule has 0 aromatic heterocycles. The van der Waals surface area contributed by atoms with Crippen LogP contribution in [0.25, 0.3) is 0 Å². The van der Waals surface area contributed by atoms with Gasteiger partial charge in [-0.1, -0.05) is 6.92 Å². The fourth-order valence-corrected chi connectivity index (χ4v) is 3.39. The molecular formula is C11H20O3S. The van der Waals surface area contributed by atoms with Gasteiger partial charge < -0.3 is 4.74 Å². The summed E-state index contributed by atoms with van der Waals surface area (Å²) in [6.07, 6.45) is 2.94. The van der Waals surface area contributed by atoms with Gasteiger partial charge in [-0.3, -0.25) is 9.00 Å². The second-order valence-electron chi connectivity index (χ2n) is 3.98. The lowest BCUT2D eigenvalue weighted by Crippen LogP contribution is -2.25. The summed E-state index contributed by atoms with van der Waals surface area (Å²) >= 11 is 0. The lowest BCUT2D eigenvalue weighted by atomic mass is 10.2. The summed E-state index contributed by atoms with van der Waals surface area (Å²) in [6, 6.07) is 0. The standard InChI is InChI=1S/C11H20O3S/c1-3-10(12)5-4-8-15(13)11-6-7-14-9(11)2/h9,11H,3-8H2,1-2H3. The molecule has 88 valence electrons. The third-order valence-electron chi connectivity index (χ3n) is 2.84. The van der Waals surface area contributed by atoms with E-state index in [0.29, 0.717) is 18.6 Å². The molecular weight excluding hydrogens is 212 g/mol. The number of rotatable bonds is 6. The minimum atomic E-state index is -0.821. The van der Waals surface area contributed by atoms with Crippen LogP contribution in [0.5, 0.6) is 0 Å². The highest BCUT2D eigenvalue weighted by atomic mass is 32.2. The molecule has 0 bridgehead atoms. The topological polar surface area (TPSA) is 43.4 Å².